The number of ether oxygens (including phenoxy) is 1. The van der Waals surface area contributed by atoms with Crippen molar-refractivity contribution in [3.8, 4) is 5.69 Å². The molecule has 2 heterocycles. The Kier molecular flexibility index (Phi) is 5.49. The summed E-state index contributed by atoms with van der Waals surface area (Å²) in [6, 6.07) is 8.65. The minimum Gasteiger partial charge on any atom is -0.376 e. The van der Waals surface area contributed by atoms with Gasteiger partial charge in [0.15, 0.2) is 4.77 Å². The normalized spacial score (nSPS) is 16.3. The number of hydrogen-bond acceptors (Lipinski definition) is 4. The number of nitrogens with zero attached hydrogens (tertiary/aromatic N) is 1. The Labute approximate surface area is 175 Å². The predicted molar refractivity (Wildman–Crippen MR) is 111 cm³/mol. The van der Waals surface area contributed by atoms with E-state index in [0.29, 0.717) is 28.7 Å². The second kappa shape index (κ2) is 8.06. The molecule has 2 aromatic carbocycles. The van der Waals surface area contributed by atoms with Crippen molar-refractivity contribution in [3.63, 3.8) is 0 Å². The van der Waals surface area contributed by atoms with Gasteiger partial charge in [-0.15, -0.1) is 0 Å². The highest BCUT2D eigenvalue weighted by molar-refractivity contribution is 7.71. The van der Waals surface area contributed by atoms with Crippen LogP contribution in [0.3, 0.4) is 0 Å². The van der Waals surface area contributed by atoms with Crippen LogP contribution in [0.5, 0.6) is 0 Å². The van der Waals surface area contributed by atoms with Gasteiger partial charge in [0, 0.05) is 18.7 Å². The van der Waals surface area contributed by atoms with Crippen LogP contribution in [-0.4, -0.2) is 34.7 Å². The summed E-state index contributed by atoms with van der Waals surface area (Å²) in [5, 5.41) is 3.08. The molecule has 1 fully saturated rings. The molecule has 0 radical (unpaired) electrons. The molecule has 1 unspecified atom stereocenters. The van der Waals surface area contributed by atoms with Crippen molar-refractivity contribution in [1.29, 1.82) is 0 Å². The average Bonchev–Trinajstić information content (AvgIpc) is 3.22. The number of rotatable bonds is 4. The lowest BCUT2D eigenvalue weighted by Crippen LogP contribution is -2.31. The summed E-state index contributed by atoms with van der Waals surface area (Å²) in [7, 11) is 0. The number of halogens is 2. The van der Waals surface area contributed by atoms with Crippen LogP contribution in [-0.2, 0) is 4.74 Å². The number of H-pyrrole nitrogens is 1. The van der Waals surface area contributed by atoms with Crippen molar-refractivity contribution < 1.29 is 13.9 Å². The van der Waals surface area contributed by atoms with Gasteiger partial charge in [-0.25, -0.2) is 4.39 Å². The molecule has 1 saturated heterocycles. The van der Waals surface area contributed by atoms with E-state index in [0.717, 1.165) is 19.4 Å². The molecule has 2 N–H and O–H groups in total. The van der Waals surface area contributed by atoms with Gasteiger partial charge in [-0.05, 0) is 61.5 Å². The van der Waals surface area contributed by atoms with Gasteiger partial charge >= 0.3 is 0 Å². The second-order valence-electron chi connectivity index (χ2n) is 6.77. The zero-order valence-electron chi connectivity index (χ0n) is 15.2. The number of carbonyl (C=O) groups is 1. The molecule has 1 aliphatic rings. The Morgan fingerprint density at radius 1 is 1.34 bits per heavy atom. The molecule has 9 heteroatoms. The van der Waals surface area contributed by atoms with Gasteiger partial charge in [0.05, 0.1) is 27.7 Å². The van der Waals surface area contributed by atoms with Crippen LogP contribution in [0, 0.1) is 10.6 Å². The van der Waals surface area contributed by atoms with E-state index in [1.54, 1.807) is 18.2 Å². The maximum atomic E-state index is 13.5. The van der Waals surface area contributed by atoms with E-state index in [2.05, 4.69) is 10.3 Å². The third-order valence-electron chi connectivity index (χ3n) is 4.84. The predicted octanol–water partition coefficient (Wildman–Crippen LogP) is 3.75. The van der Waals surface area contributed by atoms with Crippen molar-refractivity contribution in [3.05, 3.63) is 67.9 Å². The second-order valence-corrected chi connectivity index (χ2v) is 7.57. The molecule has 1 amide bonds. The summed E-state index contributed by atoms with van der Waals surface area (Å²) < 4.78 is 20.3. The number of amides is 1. The van der Waals surface area contributed by atoms with Crippen LogP contribution in [0.25, 0.3) is 16.6 Å². The molecule has 1 atom stereocenters. The van der Waals surface area contributed by atoms with Crippen LogP contribution in [0.2, 0.25) is 5.02 Å². The van der Waals surface area contributed by atoms with Crippen LogP contribution in [0.4, 0.5) is 4.39 Å². The van der Waals surface area contributed by atoms with E-state index in [1.165, 1.54) is 22.8 Å². The first kappa shape index (κ1) is 19.8. The van der Waals surface area contributed by atoms with Crippen molar-refractivity contribution >= 4 is 40.6 Å². The summed E-state index contributed by atoms with van der Waals surface area (Å²) in [5.41, 5.74) is 0.804. The fourth-order valence-electron chi connectivity index (χ4n) is 3.33. The number of carbonyl (C=O) groups excluding carboxylic acids is 1. The molecule has 0 saturated carbocycles. The summed E-state index contributed by atoms with van der Waals surface area (Å²) in [6.07, 6.45) is 1.97. The molecule has 150 valence electrons. The fourth-order valence-corrected chi connectivity index (χ4v) is 3.80. The smallest absolute Gasteiger partial charge is 0.266 e. The molecular weight excluding hydrogens is 417 g/mol. The van der Waals surface area contributed by atoms with Crippen LogP contribution < -0.4 is 10.9 Å². The van der Waals surface area contributed by atoms with Gasteiger partial charge in [0.1, 0.15) is 5.82 Å². The molecule has 6 nitrogen and oxygen atoms in total. The number of aromatic amines is 1. The number of aromatic nitrogens is 2. The minimum absolute atomic E-state index is 0.0416. The monoisotopic (exact) mass is 433 g/mol. The number of nitrogens with one attached hydrogen (secondary N) is 2. The Morgan fingerprint density at radius 2 is 2.17 bits per heavy atom. The van der Waals surface area contributed by atoms with E-state index in [-0.39, 0.29) is 21.8 Å². The summed E-state index contributed by atoms with van der Waals surface area (Å²) >= 11 is 11.1. The Balaban J connectivity index is 1.68. The Morgan fingerprint density at radius 3 is 2.90 bits per heavy atom. The largest absolute Gasteiger partial charge is 0.376 e. The van der Waals surface area contributed by atoms with E-state index in [1.807, 2.05) is 0 Å². The van der Waals surface area contributed by atoms with E-state index >= 15 is 0 Å². The lowest BCUT2D eigenvalue weighted by atomic mass is 10.1. The molecular formula is C20H17ClFN3O3S. The summed E-state index contributed by atoms with van der Waals surface area (Å²) in [6.45, 7) is 1.17. The molecule has 1 aliphatic heterocycles. The van der Waals surface area contributed by atoms with Crippen molar-refractivity contribution in [1.82, 2.24) is 14.9 Å². The van der Waals surface area contributed by atoms with Gasteiger partial charge in [-0.3, -0.25) is 14.2 Å². The molecule has 0 spiro atoms. The third kappa shape index (κ3) is 3.96. The van der Waals surface area contributed by atoms with Gasteiger partial charge in [-0.2, -0.15) is 0 Å². The number of hydrogen-bond donors (Lipinski definition) is 2. The summed E-state index contributed by atoms with van der Waals surface area (Å²) in [5.74, 6) is -0.839. The van der Waals surface area contributed by atoms with Crippen LogP contribution in [0.1, 0.15) is 23.2 Å². The van der Waals surface area contributed by atoms with Crippen molar-refractivity contribution in [2.45, 2.75) is 18.9 Å². The van der Waals surface area contributed by atoms with Gasteiger partial charge in [0.25, 0.3) is 11.5 Å². The zero-order chi connectivity index (χ0) is 20.5. The molecule has 29 heavy (non-hydrogen) atoms. The first-order valence-corrected chi connectivity index (χ1v) is 9.87. The zero-order valence-corrected chi connectivity index (χ0v) is 16.8. The third-order valence-corrected chi connectivity index (χ3v) is 5.41. The highest BCUT2D eigenvalue weighted by Gasteiger charge is 2.17. The maximum absolute atomic E-state index is 13.5. The average molecular weight is 434 g/mol. The molecule has 4 rings (SSSR count). The first-order chi connectivity index (χ1) is 13.9. The molecule has 0 bridgehead atoms. The molecule has 1 aromatic heterocycles. The lowest BCUT2D eigenvalue weighted by Gasteiger charge is -2.12. The highest BCUT2D eigenvalue weighted by atomic mass is 35.5. The van der Waals surface area contributed by atoms with Crippen LogP contribution >= 0.6 is 23.8 Å². The molecule has 3 aromatic rings. The van der Waals surface area contributed by atoms with Gasteiger partial charge < -0.3 is 15.0 Å². The fraction of sp³-hybridized carbons (Fsp3) is 0.250. The number of benzene rings is 2. The maximum Gasteiger partial charge on any atom is 0.266 e. The SMILES string of the molecule is O=C(NCC1CCCO1)c1ccc2c(=O)n(-c3ccc(F)c(Cl)c3)c(=S)[nH]c2c1. The van der Waals surface area contributed by atoms with Gasteiger partial charge in [0.2, 0.25) is 0 Å². The summed E-state index contributed by atoms with van der Waals surface area (Å²) in [4.78, 5) is 28.3. The quantitative estimate of drug-likeness (QED) is 0.614. The Bertz CT molecular complexity index is 1220. The van der Waals surface area contributed by atoms with Crippen molar-refractivity contribution in [2.24, 2.45) is 0 Å². The van der Waals surface area contributed by atoms with E-state index < -0.39 is 11.4 Å². The molecule has 0 aliphatic carbocycles. The standard InChI is InChI=1S/C20H17ClFN3O3S/c21-15-9-12(4-6-16(15)22)25-19(27)14-5-3-11(8-17(14)24-20(25)29)18(26)23-10-13-2-1-7-28-13/h3-6,8-9,13H,1-2,7,10H2,(H,23,26)(H,24,29). The minimum atomic E-state index is -0.585. The topological polar surface area (TPSA) is 76.1 Å². The number of fused-ring (bicyclic) bond motifs is 1. The van der Waals surface area contributed by atoms with Gasteiger partial charge in [-0.1, -0.05) is 11.6 Å². The lowest BCUT2D eigenvalue weighted by molar-refractivity contribution is 0.0858. The van der Waals surface area contributed by atoms with E-state index in [4.69, 9.17) is 28.6 Å². The Hall–Kier alpha value is -2.55. The first-order valence-electron chi connectivity index (χ1n) is 9.08. The van der Waals surface area contributed by atoms with Crippen LogP contribution in [0.15, 0.2) is 41.2 Å². The van der Waals surface area contributed by atoms with Crippen molar-refractivity contribution in [2.75, 3.05) is 13.2 Å². The highest BCUT2D eigenvalue weighted by Crippen LogP contribution is 2.19. The van der Waals surface area contributed by atoms with E-state index in [9.17, 15) is 14.0 Å².